The van der Waals surface area contributed by atoms with Crippen LogP contribution in [0.2, 0.25) is 0 Å². The van der Waals surface area contributed by atoms with Gasteiger partial charge in [-0.05, 0) is 60.4 Å². The van der Waals surface area contributed by atoms with Crippen molar-refractivity contribution >= 4 is 10.8 Å². The quantitative estimate of drug-likeness (QED) is 0.940. The molecule has 20 heavy (non-hydrogen) atoms. The van der Waals surface area contributed by atoms with Crippen molar-refractivity contribution in [1.82, 2.24) is 0 Å². The molecule has 1 unspecified atom stereocenters. The lowest BCUT2D eigenvalue weighted by Gasteiger charge is -2.07. The molecule has 0 radical (unpaired) electrons. The molecule has 2 N–H and O–H groups in total. The molecule has 0 saturated heterocycles. The van der Waals surface area contributed by atoms with Gasteiger partial charge < -0.3 is 5.73 Å². The highest BCUT2D eigenvalue weighted by Gasteiger charge is 2.08. The maximum atomic E-state index is 13.4. The smallest absolute Gasteiger partial charge is 0.123 e. The van der Waals surface area contributed by atoms with E-state index in [1.54, 1.807) is 0 Å². The normalized spacial score (nSPS) is 12.4. The molecule has 0 bridgehead atoms. The summed E-state index contributed by atoms with van der Waals surface area (Å²) in [5, 5.41) is 0. The molecular formula is C16H18FNOS. The van der Waals surface area contributed by atoms with Crippen LogP contribution in [0.4, 0.5) is 4.39 Å². The zero-order valence-electron chi connectivity index (χ0n) is 11.7. The summed E-state index contributed by atoms with van der Waals surface area (Å²) in [6.07, 6.45) is 0. The lowest BCUT2D eigenvalue weighted by molar-refractivity contribution is 0.623. The summed E-state index contributed by atoms with van der Waals surface area (Å²) in [6, 6.07) is 10.4. The maximum absolute atomic E-state index is 13.4. The van der Waals surface area contributed by atoms with E-state index in [0.717, 1.165) is 16.0 Å². The van der Waals surface area contributed by atoms with Crippen molar-refractivity contribution in [3.63, 3.8) is 0 Å². The molecule has 0 fully saturated rings. The molecule has 0 aromatic heterocycles. The molecular weight excluding hydrogens is 273 g/mol. The van der Waals surface area contributed by atoms with Gasteiger partial charge in [-0.15, -0.1) is 0 Å². The van der Waals surface area contributed by atoms with E-state index in [4.69, 9.17) is 5.73 Å². The van der Waals surface area contributed by atoms with E-state index < -0.39 is 10.8 Å². The third-order valence-electron chi connectivity index (χ3n) is 3.29. The molecule has 0 amide bonds. The summed E-state index contributed by atoms with van der Waals surface area (Å²) < 4.78 is 25.8. The number of rotatable bonds is 4. The summed E-state index contributed by atoms with van der Waals surface area (Å²) in [7, 11) is -1.18. The van der Waals surface area contributed by atoms with Crippen LogP contribution in [0, 0.1) is 19.7 Å². The van der Waals surface area contributed by atoms with Gasteiger partial charge in [-0.3, -0.25) is 4.21 Å². The van der Waals surface area contributed by atoms with Crippen molar-refractivity contribution in [2.45, 2.75) is 31.0 Å². The van der Waals surface area contributed by atoms with Crippen LogP contribution in [0.15, 0.2) is 41.3 Å². The van der Waals surface area contributed by atoms with E-state index in [9.17, 15) is 8.60 Å². The molecule has 1 atom stereocenters. The van der Waals surface area contributed by atoms with Crippen LogP contribution in [-0.4, -0.2) is 4.21 Å². The maximum Gasteiger partial charge on any atom is 0.123 e. The summed E-state index contributed by atoms with van der Waals surface area (Å²) in [4.78, 5) is 0.770. The highest BCUT2D eigenvalue weighted by Crippen LogP contribution is 2.18. The number of benzene rings is 2. The first kappa shape index (κ1) is 14.9. The van der Waals surface area contributed by atoms with Crippen molar-refractivity contribution in [3.8, 4) is 0 Å². The van der Waals surface area contributed by atoms with Gasteiger partial charge in [0, 0.05) is 11.4 Å². The van der Waals surface area contributed by atoms with Gasteiger partial charge in [0.05, 0.1) is 16.6 Å². The Morgan fingerprint density at radius 1 is 1.05 bits per heavy atom. The predicted octanol–water partition coefficient (Wildman–Crippen LogP) is 3.21. The SMILES string of the molecule is Cc1ccc(S(=O)Cc2cc(F)cc(CN)c2)cc1C. The first-order chi connectivity index (χ1) is 9.49. The molecule has 0 aliphatic carbocycles. The van der Waals surface area contributed by atoms with Gasteiger partial charge in [-0.1, -0.05) is 12.1 Å². The van der Waals surface area contributed by atoms with Crippen LogP contribution in [0.1, 0.15) is 22.3 Å². The van der Waals surface area contributed by atoms with E-state index >= 15 is 0 Å². The number of nitrogens with two attached hydrogens (primary N) is 1. The number of hydrogen-bond donors (Lipinski definition) is 1. The Bertz CT molecular complexity index is 655. The molecule has 2 nitrogen and oxygen atoms in total. The first-order valence-corrected chi connectivity index (χ1v) is 7.75. The van der Waals surface area contributed by atoms with Crippen LogP contribution in [0.5, 0.6) is 0 Å². The lowest BCUT2D eigenvalue weighted by atomic mass is 10.1. The van der Waals surface area contributed by atoms with E-state index in [2.05, 4.69) is 0 Å². The number of aryl methyl sites for hydroxylation is 2. The van der Waals surface area contributed by atoms with Crippen LogP contribution < -0.4 is 5.73 Å². The fourth-order valence-corrected chi connectivity index (χ4v) is 3.17. The minimum atomic E-state index is -1.18. The monoisotopic (exact) mass is 291 g/mol. The largest absolute Gasteiger partial charge is 0.326 e. The Labute approximate surface area is 121 Å². The Balaban J connectivity index is 2.23. The predicted molar refractivity (Wildman–Crippen MR) is 80.3 cm³/mol. The van der Waals surface area contributed by atoms with Gasteiger partial charge in [0.15, 0.2) is 0 Å². The van der Waals surface area contributed by atoms with Crippen LogP contribution >= 0.6 is 0 Å². The van der Waals surface area contributed by atoms with Crippen molar-refractivity contribution < 1.29 is 8.60 Å². The number of hydrogen-bond acceptors (Lipinski definition) is 2. The fraction of sp³-hybridized carbons (Fsp3) is 0.250. The average Bonchev–Trinajstić information content (AvgIpc) is 2.41. The van der Waals surface area contributed by atoms with E-state index in [1.165, 1.54) is 17.7 Å². The topological polar surface area (TPSA) is 43.1 Å². The second-order valence-corrected chi connectivity index (χ2v) is 6.36. The molecule has 4 heteroatoms. The molecule has 0 aliphatic rings. The average molecular weight is 291 g/mol. The Morgan fingerprint density at radius 2 is 1.75 bits per heavy atom. The zero-order valence-corrected chi connectivity index (χ0v) is 12.5. The van der Waals surface area contributed by atoms with Gasteiger partial charge in [-0.25, -0.2) is 4.39 Å². The summed E-state index contributed by atoms with van der Waals surface area (Å²) in [5.74, 6) is -0.0344. The molecule has 0 aliphatic heterocycles. The minimum absolute atomic E-state index is 0.279. The van der Waals surface area contributed by atoms with Crippen molar-refractivity contribution in [3.05, 3.63) is 64.5 Å². The molecule has 2 aromatic rings. The van der Waals surface area contributed by atoms with E-state index in [-0.39, 0.29) is 12.4 Å². The first-order valence-electron chi connectivity index (χ1n) is 6.43. The molecule has 2 aromatic carbocycles. The standard InChI is InChI=1S/C16H18FNOS/c1-11-3-4-16(5-12(11)2)20(19)10-14-6-13(9-18)7-15(17)8-14/h3-8H,9-10,18H2,1-2H3. The Hall–Kier alpha value is -1.52. The third-order valence-corrected chi connectivity index (χ3v) is 4.67. The minimum Gasteiger partial charge on any atom is -0.326 e. The van der Waals surface area contributed by atoms with Crippen molar-refractivity contribution in [2.24, 2.45) is 5.73 Å². The van der Waals surface area contributed by atoms with E-state index in [1.807, 2.05) is 38.1 Å². The highest BCUT2D eigenvalue weighted by atomic mass is 32.2. The highest BCUT2D eigenvalue weighted by molar-refractivity contribution is 7.84. The van der Waals surface area contributed by atoms with Crippen LogP contribution in [0.3, 0.4) is 0 Å². The van der Waals surface area contributed by atoms with Gasteiger partial charge in [0.25, 0.3) is 0 Å². The van der Waals surface area contributed by atoms with Gasteiger partial charge in [0.1, 0.15) is 5.82 Å². The summed E-state index contributed by atoms with van der Waals surface area (Å²) >= 11 is 0. The fourth-order valence-electron chi connectivity index (χ4n) is 2.01. The Morgan fingerprint density at radius 3 is 2.40 bits per heavy atom. The van der Waals surface area contributed by atoms with Crippen molar-refractivity contribution in [1.29, 1.82) is 0 Å². The lowest BCUT2D eigenvalue weighted by Crippen LogP contribution is -2.02. The molecule has 0 spiro atoms. The molecule has 0 heterocycles. The second-order valence-electron chi connectivity index (χ2n) is 4.91. The van der Waals surface area contributed by atoms with Gasteiger partial charge in [-0.2, -0.15) is 0 Å². The van der Waals surface area contributed by atoms with E-state index in [0.29, 0.717) is 11.3 Å². The Kier molecular flexibility index (Phi) is 4.68. The molecule has 2 rings (SSSR count). The van der Waals surface area contributed by atoms with Gasteiger partial charge in [0.2, 0.25) is 0 Å². The van der Waals surface area contributed by atoms with Crippen molar-refractivity contribution in [2.75, 3.05) is 0 Å². The summed E-state index contributed by atoms with van der Waals surface area (Å²) in [5.41, 5.74) is 9.23. The third kappa shape index (κ3) is 3.52. The molecule has 0 saturated carbocycles. The van der Waals surface area contributed by atoms with Crippen LogP contribution in [-0.2, 0) is 23.1 Å². The zero-order chi connectivity index (χ0) is 14.7. The second kappa shape index (κ2) is 6.29. The molecule has 106 valence electrons. The van der Waals surface area contributed by atoms with Gasteiger partial charge >= 0.3 is 0 Å². The van der Waals surface area contributed by atoms with Crippen LogP contribution in [0.25, 0.3) is 0 Å². The number of halogens is 1. The summed E-state index contributed by atoms with van der Waals surface area (Å²) in [6.45, 7) is 4.29.